The van der Waals surface area contributed by atoms with Crippen LogP contribution in [0.4, 0.5) is 5.69 Å². The van der Waals surface area contributed by atoms with Crippen molar-refractivity contribution in [2.45, 2.75) is 25.3 Å². The first kappa shape index (κ1) is 12.9. The van der Waals surface area contributed by atoms with Crippen molar-refractivity contribution in [3.8, 4) is 5.75 Å². The Morgan fingerprint density at radius 2 is 2.11 bits per heavy atom. The Hall–Kier alpha value is -1.55. The summed E-state index contributed by atoms with van der Waals surface area (Å²) < 4.78 is 5.34. The summed E-state index contributed by atoms with van der Waals surface area (Å²) in [4.78, 5) is 14.3. The van der Waals surface area contributed by atoms with Gasteiger partial charge in [-0.2, -0.15) is 0 Å². The van der Waals surface area contributed by atoms with Crippen molar-refractivity contribution >= 4 is 11.6 Å². The molecule has 1 amide bonds. The molecule has 1 aromatic rings. The molecule has 0 saturated carbocycles. The number of amides is 1. The summed E-state index contributed by atoms with van der Waals surface area (Å²) in [6, 6.07) is 7.60. The Labute approximate surface area is 108 Å². The SMILES string of the molecule is CNC1CCCCN(c2ccccc2OC)C1=O. The van der Waals surface area contributed by atoms with E-state index in [1.54, 1.807) is 7.11 Å². The maximum atomic E-state index is 12.5. The summed E-state index contributed by atoms with van der Waals surface area (Å²) in [6.07, 6.45) is 3.01. The number of hydrogen-bond donors (Lipinski definition) is 1. The number of anilines is 1. The number of nitrogens with zero attached hydrogens (tertiary/aromatic N) is 1. The van der Waals surface area contributed by atoms with E-state index < -0.39 is 0 Å². The zero-order valence-electron chi connectivity index (χ0n) is 11.0. The average Bonchev–Trinajstić information content (AvgIpc) is 2.60. The Balaban J connectivity index is 2.32. The molecule has 18 heavy (non-hydrogen) atoms. The lowest BCUT2D eigenvalue weighted by molar-refractivity contribution is -0.120. The van der Waals surface area contributed by atoms with Crippen LogP contribution in [0.1, 0.15) is 19.3 Å². The molecule has 0 spiro atoms. The Morgan fingerprint density at radius 3 is 2.83 bits per heavy atom. The summed E-state index contributed by atoms with van der Waals surface area (Å²) in [5.41, 5.74) is 0.868. The largest absolute Gasteiger partial charge is 0.495 e. The van der Waals surface area contributed by atoms with E-state index >= 15 is 0 Å². The van der Waals surface area contributed by atoms with Gasteiger partial charge in [0.25, 0.3) is 0 Å². The standard InChI is InChI=1S/C14H20N2O2/c1-15-11-7-5-6-10-16(14(11)17)12-8-3-4-9-13(12)18-2/h3-4,8-9,11,15H,5-7,10H2,1-2H3. The van der Waals surface area contributed by atoms with E-state index in [9.17, 15) is 4.79 Å². The van der Waals surface area contributed by atoms with E-state index in [0.29, 0.717) is 0 Å². The average molecular weight is 248 g/mol. The van der Waals surface area contributed by atoms with Crippen molar-refractivity contribution in [1.29, 1.82) is 0 Å². The summed E-state index contributed by atoms with van der Waals surface area (Å²) >= 11 is 0. The molecule has 1 saturated heterocycles. The third-order valence-electron chi connectivity index (χ3n) is 3.41. The first-order valence-corrected chi connectivity index (χ1v) is 6.39. The number of rotatable bonds is 3. The summed E-state index contributed by atoms with van der Waals surface area (Å²) in [6.45, 7) is 0.761. The van der Waals surface area contributed by atoms with E-state index in [1.165, 1.54) is 0 Å². The number of hydrogen-bond acceptors (Lipinski definition) is 3. The van der Waals surface area contributed by atoms with Crippen molar-refractivity contribution in [1.82, 2.24) is 5.32 Å². The second-order valence-electron chi connectivity index (χ2n) is 4.50. The fourth-order valence-electron chi connectivity index (χ4n) is 2.40. The third-order valence-corrected chi connectivity index (χ3v) is 3.41. The second-order valence-corrected chi connectivity index (χ2v) is 4.50. The molecule has 2 rings (SSSR count). The predicted octanol–water partition coefficient (Wildman–Crippen LogP) is 1.80. The topological polar surface area (TPSA) is 41.6 Å². The summed E-state index contributed by atoms with van der Waals surface area (Å²) in [5, 5.41) is 3.10. The van der Waals surface area contributed by atoms with Gasteiger partial charge in [-0.1, -0.05) is 12.1 Å². The van der Waals surface area contributed by atoms with Crippen LogP contribution < -0.4 is 15.0 Å². The molecule has 1 heterocycles. The van der Waals surface area contributed by atoms with Gasteiger partial charge >= 0.3 is 0 Å². The fraction of sp³-hybridized carbons (Fsp3) is 0.500. The van der Waals surface area contributed by atoms with Gasteiger partial charge in [-0.15, -0.1) is 0 Å². The lowest BCUT2D eigenvalue weighted by atomic mass is 10.1. The van der Waals surface area contributed by atoms with Gasteiger partial charge < -0.3 is 15.0 Å². The normalized spacial score (nSPS) is 20.7. The van der Waals surface area contributed by atoms with Gasteiger partial charge in [-0.25, -0.2) is 0 Å². The van der Waals surface area contributed by atoms with Gasteiger partial charge in [0, 0.05) is 6.54 Å². The van der Waals surface area contributed by atoms with Crippen LogP contribution in [0, 0.1) is 0 Å². The molecule has 0 radical (unpaired) electrons. The van der Waals surface area contributed by atoms with Crippen LogP contribution in [0.5, 0.6) is 5.75 Å². The first-order valence-electron chi connectivity index (χ1n) is 6.39. The first-order chi connectivity index (χ1) is 8.77. The molecule has 0 aliphatic carbocycles. The van der Waals surface area contributed by atoms with Gasteiger partial charge in [0.2, 0.25) is 5.91 Å². The van der Waals surface area contributed by atoms with E-state index in [1.807, 2.05) is 36.2 Å². The molecule has 1 atom stereocenters. The zero-order chi connectivity index (χ0) is 13.0. The highest BCUT2D eigenvalue weighted by molar-refractivity contribution is 5.98. The van der Waals surface area contributed by atoms with Crippen LogP contribution in [-0.2, 0) is 4.79 Å². The van der Waals surface area contributed by atoms with Gasteiger partial charge in [0.05, 0.1) is 18.8 Å². The fourth-order valence-corrected chi connectivity index (χ4v) is 2.40. The molecule has 1 aliphatic heterocycles. The molecule has 1 aliphatic rings. The molecule has 1 aromatic carbocycles. The summed E-state index contributed by atoms with van der Waals surface area (Å²) in [5.74, 6) is 0.891. The van der Waals surface area contributed by atoms with Crippen LogP contribution in [0.3, 0.4) is 0 Å². The quantitative estimate of drug-likeness (QED) is 0.887. The lowest BCUT2D eigenvalue weighted by Crippen LogP contribution is -2.44. The molecular weight excluding hydrogens is 228 g/mol. The number of benzene rings is 1. The highest BCUT2D eigenvalue weighted by atomic mass is 16.5. The van der Waals surface area contributed by atoms with Crippen molar-refractivity contribution < 1.29 is 9.53 Å². The second kappa shape index (κ2) is 5.87. The number of para-hydroxylation sites is 2. The van der Waals surface area contributed by atoms with Crippen LogP contribution in [0.2, 0.25) is 0 Å². The van der Waals surface area contributed by atoms with Gasteiger partial charge in [0.1, 0.15) is 5.75 Å². The Kier molecular flexibility index (Phi) is 4.20. The molecule has 1 fully saturated rings. The highest BCUT2D eigenvalue weighted by Crippen LogP contribution is 2.30. The van der Waals surface area contributed by atoms with Crippen molar-refractivity contribution in [2.24, 2.45) is 0 Å². The van der Waals surface area contributed by atoms with Gasteiger partial charge in [-0.05, 0) is 38.4 Å². The monoisotopic (exact) mass is 248 g/mol. The summed E-state index contributed by atoms with van der Waals surface area (Å²) in [7, 11) is 3.48. The molecular formula is C14H20N2O2. The van der Waals surface area contributed by atoms with E-state index in [-0.39, 0.29) is 11.9 Å². The van der Waals surface area contributed by atoms with Gasteiger partial charge in [-0.3, -0.25) is 4.79 Å². The van der Waals surface area contributed by atoms with Crippen LogP contribution in [0.15, 0.2) is 24.3 Å². The smallest absolute Gasteiger partial charge is 0.244 e. The Morgan fingerprint density at radius 1 is 1.33 bits per heavy atom. The number of carbonyl (C=O) groups is 1. The molecule has 1 unspecified atom stereocenters. The molecule has 4 nitrogen and oxygen atoms in total. The highest BCUT2D eigenvalue weighted by Gasteiger charge is 2.28. The molecule has 0 aromatic heterocycles. The van der Waals surface area contributed by atoms with Crippen LogP contribution in [-0.4, -0.2) is 32.7 Å². The number of ether oxygens (including phenoxy) is 1. The third kappa shape index (κ3) is 2.48. The maximum absolute atomic E-state index is 12.5. The van der Waals surface area contributed by atoms with Crippen molar-refractivity contribution in [3.63, 3.8) is 0 Å². The molecule has 0 bridgehead atoms. The minimum absolute atomic E-state index is 0.0857. The van der Waals surface area contributed by atoms with Gasteiger partial charge in [0.15, 0.2) is 0 Å². The van der Waals surface area contributed by atoms with Crippen LogP contribution >= 0.6 is 0 Å². The van der Waals surface area contributed by atoms with E-state index in [4.69, 9.17) is 4.74 Å². The van der Waals surface area contributed by atoms with E-state index in [2.05, 4.69) is 5.32 Å². The number of carbonyl (C=O) groups excluding carboxylic acids is 1. The minimum atomic E-state index is -0.0857. The van der Waals surface area contributed by atoms with Crippen LogP contribution in [0.25, 0.3) is 0 Å². The van der Waals surface area contributed by atoms with E-state index in [0.717, 1.165) is 37.2 Å². The molecule has 98 valence electrons. The lowest BCUT2D eigenvalue weighted by Gasteiger charge is -2.25. The molecule has 1 N–H and O–H groups in total. The predicted molar refractivity (Wildman–Crippen MR) is 72.0 cm³/mol. The maximum Gasteiger partial charge on any atom is 0.244 e. The van der Waals surface area contributed by atoms with Crippen molar-refractivity contribution in [3.05, 3.63) is 24.3 Å². The zero-order valence-corrected chi connectivity index (χ0v) is 11.0. The molecule has 4 heteroatoms. The number of likely N-dealkylation sites (N-methyl/N-ethyl adjacent to an activating group) is 1. The van der Waals surface area contributed by atoms with Crippen molar-refractivity contribution in [2.75, 3.05) is 25.6 Å². The number of nitrogens with one attached hydrogen (secondary N) is 1. The minimum Gasteiger partial charge on any atom is -0.495 e. The Bertz CT molecular complexity index is 420. The number of methoxy groups -OCH3 is 1.